The molecule has 1 N–H and O–H groups in total. The van der Waals surface area contributed by atoms with Crippen LogP contribution in [0.25, 0.3) is 0 Å². The van der Waals surface area contributed by atoms with Gasteiger partial charge in [-0.05, 0) is 25.8 Å². The number of hydrogen-bond acceptors (Lipinski definition) is 4. The number of hydrogen-bond donors (Lipinski definition) is 1. The molecule has 0 bridgehead atoms. The van der Waals surface area contributed by atoms with Crippen LogP contribution in [0.15, 0.2) is 0 Å². The molecule has 2 aliphatic rings. The fraction of sp³-hybridized carbons (Fsp3) is 0.909. The second kappa shape index (κ2) is 4.57. The molecule has 1 aliphatic heterocycles. The van der Waals surface area contributed by atoms with E-state index in [1.807, 2.05) is 0 Å². The van der Waals surface area contributed by atoms with Gasteiger partial charge in [-0.1, -0.05) is 6.42 Å². The summed E-state index contributed by atoms with van der Waals surface area (Å²) in [5.74, 6) is -1.09. The molecule has 1 aliphatic carbocycles. The summed E-state index contributed by atoms with van der Waals surface area (Å²) >= 11 is 0. The van der Waals surface area contributed by atoms with E-state index in [0.29, 0.717) is 19.5 Å². The van der Waals surface area contributed by atoms with E-state index in [0.717, 1.165) is 19.3 Å². The molecule has 98 valence electrons. The van der Waals surface area contributed by atoms with Crippen LogP contribution in [0.3, 0.4) is 0 Å². The first kappa shape index (κ1) is 12.8. The number of nitrogens with zero attached hydrogens (tertiary/aromatic N) is 1. The highest BCUT2D eigenvalue weighted by atomic mass is 32.2. The minimum absolute atomic E-state index is 0.0364. The first-order valence-electron chi connectivity index (χ1n) is 6.05. The molecule has 0 aromatic rings. The van der Waals surface area contributed by atoms with Crippen molar-refractivity contribution in [2.45, 2.75) is 37.0 Å². The fourth-order valence-corrected chi connectivity index (χ4v) is 4.59. The standard InChI is InChI=1S/C11H19NO4S/c1-17(15,16)10-4-2-3-9(10)12-6-5-8(7-12)11(13)14/h8-10H,2-7H2,1H3,(H,13,14). The molecule has 0 spiro atoms. The van der Waals surface area contributed by atoms with Gasteiger partial charge in [-0.3, -0.25) is 9.69 Å². The van der Waals surface area contributed by atoms with Gasteiger partial charge in [0.2, 0.25) is 0 Å². The average molecular weight is 261 g/mol. The van der Waals surface area contributed by atoms with Crippen LogP contribution in [0.1, 0.15) is 25.7 Å². The molecule has 1 saturated carbocycles. The van der Waals surface area contributed by atoms with Crippen LogP contribution < -0.4 is 0 Å². The Kier molecular flexibility index (Phi) is 3.45. The van der Waals surface area contributed by atoms with E-state index < -0.39 is 15.8 Å². The van der Waals surface area contributed by atoms with Gasteiger partial charge < -0.3 is 5.11 Å². The number of carboxylic acid groups (broad SMARTS) is 1. The summed E-state index contributed by atoms with van der Waals surface area (Å²) in [5, 5.41) is 8.66. The van der Waals surface area contributed by atoms with Gasteiger partial charge >= 0.3 is 5.97 Å². The molecule has 0 aromatic heterocycles. The van der Waals surface area contributed by atoms with Crippen LogP contribution in [0, 0.1) is 5.92 Å². The molecule has 5 nitrogen and oxygen atoms in total. The lowest BCUT2D eigenvalue weighted by Crippen LogP contribution is -2.42. The Morgan fingerprint density at radius 1 is 1.29 bits per heavy atom. The Morgan fingerprint density at radius 3 is 2.53 bits per heavy atom. The van der Waals surface area contributed by atoms with Crippen LogP contribution in [0.2, 0.25) is 0 Å². The van der Waals surface area contributed by atoms with Crippen LogP contribution in [-0.2, 0) is 14.6 Å². The van der Waals surface area contributed by atoms with Crippen molar-refractivity contribution in [1.29, 1.82) is 0 Å². The summed E-state index contributed by atoms with van der Waals surface area (Å²) in [6.07, 6.45) is 4.46. The largest absolute Gasteiger partial charge is 0.481 e. The van der Waals surface area contributed by atoms with Crippen LogP contribution in [0.4, 0.5) is 0 Å². The van der Waals surface area contributed by atoms with E-state index >= 15 is 0 Å². The third kappa shape index (κ3) is 2.63. The predicted molar refractivity (Wildman–Crippen MR) is 63.6 cm³/mol. The molecule has 17 heavy (non-hydrogen) atoms. The number of likely N-dealkylation sites (tertiary alicyclic amines) is 1. The third-order valence-corrected chi connectivity index (χ3v) is 5.66. The normalized spacial score (nSPS) is 35.2. The number of sulfone groups is 1. The summed E-state index contributed by atoms with van der Waals surface area (Å²) in [6.45, 7) is 1.22. The van der Waals surface area contributed by atoms with Gasteiger partial charge in [-0.25, -0.2) is 8.42 Å². The zero-order chi connectivity index (χ0) is 12.6. The van der Waals surface area contributed by atoms with Gasteiger partial charge in [0.15, 0.2) is 9.84 Å². The Balaban J connectivity index is 2.06. The third-order valence-electron chi connectivity index (χ3n) is 4.01. The minimum atomic E-state index is -3.02. The van der Waals surface area contributed by atoms with Crippen molar-refractivity contribution in [3.05, 3.63) is 0 Å². The summed E-state index contributed by atoms with van der Waals surface area (Å²) in [6, 6.07) is 0.0364. The number of rotatable bonds is 3. The van der Waals surface area contributed by atoms with Gasteiger partial charge in [0.25, 0.3) is 0 Å². The maximum absolute atomic E-state index is 11.7. The van der Waals surface area contributed by atoms with Crippen LogP contribution >= 0.6 is 0 Å². The van der Waals surface area contributed by atoms with E-state index in [4.69, 9.17) is 5.11 Å². The maximum atomic E-state index is 11.7. The Morgan fingerprint density at radius 2 is 2.00 bits per heavy atom. The molecule has 0 amide bonds. The zero-order valence-corrected chi connectivity index (χ0v) is 10.8. The molecule has 1 saturated heterocycles. The van der Waals surface area contributed by atoms with Crippen molar-refractivity contribution in [1.82, 2.24) is 4.90 Å². The Bertz CT molecular complexity index is 406. The van der Waals surface area contributed by atoms with E-state index in [1.165, 1.54) is 6.26 Å². The smallest absolute Gasteiger partial charge is 0.307 e. The van der Waals surface area contributed by atoms with E-state index in [1.54, 1.807) is 0 Å². The van der Waals surface area contributed by atoms with Crippen molar-refractivity contribution in [2.24, 2.45) is 5.92 Å². The summed E-state index contributed by atoms with van der Waals surface area (Å²) in [4.78, 5) is 13.0. The van der Waals surface area contributed by atoms with Crippen LogP contribution in [0.5, 0.6) is 0 Å². The Labute approximate surface area is 102 Å². The number of carboxylic acids is 1. The highest BCUT2D eigenvalue weighted by Gasteiger charge is 2.41. The summed E-state index contributed by atoms with van der Waals surface area (Å²) in [7, 11) is -3.02. The molecule has 6 heteroatoms. The topological polar surface area (TPSA) is 74.7 Å². The molecule has 1 heterocycles. The molecule has 3 atom stereocenters. The molecule has 0 radical (unpaired) electrons. The lowest BCUT2D eigenvalue weighted by atomic mass is 10.1. The SMILES string of the molecule is CS(=O)(=O)C1CCCC1N1CCC(C(=O)O)C1. The van der Waals surface area contributed by atoms with Crippen molar-refractivity contribution in [3.8, 4) is 0 Å². The summed E-state index contributed by atoms with van der Waals surface area (Å²) < 4.78 is 23.3. The monoisotopic (exact) mass is 261 g/mol. The molecule has 2 fully saturated rings. The van der Waals surface area contributed by atoms with Crippen LogP contribution in [-0.4, -0.2) is 55.0 Å². The number of carbonyl (C=O) groups is 1. The highest BCUT2D eigenvalue weighted by Crippen LogP contribution is 2.32. The molecular weight excluding hydrogens is 242 g/mol. The maximum Gasteiger partial charge on any atom is 0.307 e. The van der Waals surface area contributed by atoms with Crippen molar-refractivity contribution < 1.29 is 18.3 Å². The van der Waals surface area contributed by atoms with E-state index in [2.05, 4.69) is 4.90 Å². The second-order valence-corrected chi connectivity index (χ2v) is 7.45. The first-order valence-corrected chi connectivity index (χ1v) is 8.01. The Hall–Kier alpha value is -0.620. The van der Waals surface area contributed by atoms with Gasteiger partial charge in [0.05, 0.1) is 11.2 Å². The fourth-order valence-electron chi connectivity index (χ4n) is 3.11. The van der Waals surface area contributed by atoms with Crippen molar-refractivity contribution in [2.75, 3.05) is 19.3 Å². The second-order valence-electron chi connectivity index (χ2n) is 5.19. The molecular formula is C11H19NO4S. The number of aliphatic carboxylic acids is 1. The lowest BCUT2D eigenvalue weighted by Gasteiger charge is -2.28. The zero-order valence-electron chi connectivity index (χ0n) is 10.0. The summed E-state index contributed by atoms with van der Waals surface area (Å²) in [5.41, 5.74) is 0. The van der Waals surface area contributed by atoms with E-state index in [9.17, 15) is 13.2 Å². The predicted octanol–water partition coefficient (Wildman–Crippen LogP) is 0.359. The van der Waals surface area contributed by atoms with E-state index in [-0.39, 0.29) is 17.2 Å². The van der Waals surface area contributed by atoms with Gasteiger partial charge in [0, 0.05) is 18.8 Å². The average Bonchev–Trinajstić information content (AvgIpc) is 2.85. The minimum Gasteiger partial charge on any atom is -0.481 e. The van der Waals surface area contributed by atoms with Crippen molar-refractivity contribution in [3.63, 3.8) is 0 Å². The first-order chi connectivity index (χ1) is 7.89. The lowest BCUT2D eigenvalue weighted by molar-refractivity contribution is -0.141. The highest BCUT2D eigenvalue weighted by molar-refractivity contribution is 7.91. The van der Waals surface area contributed by atoms with Crippen molar-refractivity contribution >= 4 is 15.8 Å². The quantitative estimate of drug-likeness (QED) is 0.794. The van der Waals surface area contributed by atoms with Gasteiger partial charge in [-0.15, -0.1) is 0 Å². The van der Waals surface area contributed by atoms with Gasteiger partial charge in [0.1, 0.15) is 0 Å². The molecule has 0 aromatic carbocycles. The molecule has 3 unspecified atom stereocenters. The van der Waals surface area contributed by atoms with Gasteiger partial charge in [-0.2, -0.15) is 0 Å². The molecule has 2 rings (SSSR count).